The molecule has 1 aliphatic heterocycles. The molecule has 0 radical (unpaired) electrons. The number of hydrogen-bond donors (Lipinski definition) is 2. The van der Waals surface area contributed by atoms with Crippen LogP contribution in [0.4, 0.5) is 0 Å². The fourth-order valence-electron chi connectivity index (χ4n) is 5.67. The number of methoxy groups -OCH3 is 1. The van der Waals surface area contributed by atoms with Crippen LogP contribution in [-0.4, -0.2) is 40.7 Å². The molecule has 2 aromatic rings. The van der Waals surface area contributed by atoms with Crippen molar-refractivity contribution < 1.29 is 14.6 Å². The first-order valence-corrected chi connectivity index (χ1v) is 11.1. The van der Waals surface area contributed by atoms with Crippen molar-refractivity contribution >= 4 is 16.9 Å². The number of nitriles is 1. The highest BCUT2D eigenvalue weighted by Crippen LogP contribution is 2.47. The molecule has 0 unspecified atom stereocenters. The largest absolute Gasteiger partial charge is 0.469 e. The summed E-state index contributed by atoms with van der Waals surface area (Å²) in [5.74, 6) is -0.608. The topological polar surface area (TPSA) is 89.3 Å². The molecule has 0 bridgehead atoms. The van der Waals surface area contributed by atoms with E-state index in [9.17, 15) is 15.2 Å². The van der Waals surface area contributed by atoms with E-state index in [2.05, 4.69) is 36.3 Å². The van der Waals surface area contributed by atoms with Gasteiger partial charge in [0.05, 0.1) is 25.2 Å². The lowest BCUT2D eigenvalue weighted by molar-refractivity contribution is -0.159. The summed E-state index contributed by atoms with van der Waals surface area (Å²) in [6.45, 7) is 2.81. The average Bonchev–Trinajstić information content (AvgIpc) is 3.14. The summed E-state index contributed by atoms with van der Waals surface area (Å²) in [7, 11) is 1.39. The van der Waals surface area contributed by atoms with Crippen molar-refractivity contribution in [2.24, 2.45) is 17.8 Å². The number of hydrogen-bond acceptors (Lipinski definition) is 5. The number of fused-ring (bicyclic) bond motifs is 2. The highest BCUT2D eigenvalue weighted by atomic mass is 16.5. The summed E-state index contributed by atoms with van der Waals surface area (Å²) < 4.78 is 5.04. The molecule has 0 spiro atoms. The van der Waals surface area contributed by atoms with Gasteiger partial charge in [-0.1, -0.05) is 31.5 Å². The maximum absolute atomic E-state index is 12.5. The van der Waals surface area contributed by atoms with Crippen LogP contribution in [0.3, 0.4) is 0 Å². The molecule has 1 aliphatic carbocycles. The summed E-state index contributed by atoms with van der Waals surface area (Å²) >= 11 is 0. The van der Waals surface area contributed by atoms with E-state index in [1.807, 2.05) is 11.0 Å². The number of rotatable bonds is 5. The number of aromatic amines is 1. The zero-order valence-electron chi connectivity index (χ0n) is 17.8. The van der Waals surface area contributed by atoms with Gasteiger partial charge in [0.1, 0.15) is 0 Å². The number of nitrogens with one attached hydrogen (secondary N) is 1. The van der Waals surface area contributed by atoms with Gasteiger partial charge in [-0.2, -0.15) is 5.26 Å². The Bertz CT molecular complexity index is 947. The van der Waals surface area contributed by atoms with Crippen LogP contribution in [0.15, 0.2) is 24.3 Å². The van der Waals surface area contributed by atoms with E-state index >= 15 is 0 Å². The molecule has 2 aliphatic rings. The van der Waals surface area contributed by atoms with E-state index in [4.69, 9.17) is 4.74 Å². The van der Waals surface area contributed by atoms with Crippen LogP contribution in [0.1, 0.15) is 56.3 Å². The molecule has 4 rings (SSSR count). The molecule has 2 fully saturated rings. The Morgan fingerprint density at radius 1 is 1.37 bits per heavy atom. The number of unbranched alkanes of at least 4 members (excludes halogenated alkanes) is 1. The Kier molecular flexibility index (Phi) is 6.01. The minimum absolute atomic E-state index is 0.0150. The van der Waals surface area contributed by atoms with Crippen molar-refractivity contribution in [3.05, 3.63) is 35.5 Å². The molecule has 5 atom stereocenters. The standard InChI is InChI=1S/C24H31N3O3/c1-3-4-7-17-16-8-5-6-9-19(16)26-23(17)20-12-18-15(13-27(20)14-25)10-11-21(28)22(18)24(29)30-2/h5-6,8-9,15,18,20-22,26,28H,3-4,7,10-13H2,1-2H3/t15-,18-,20-,21-,22+/m0/s1. The van der Waals surface area contributed by atoms with Gasteiger partial charge >= 0.3 is 5.97 Å². The lowest BCUT2D eigenvalue weighted by Crippen LogP contribution is -2.51. The number of aromatic nitrogens is 1. The molecule has 2 heterocycles. The second-order valence-electron chi connectivity index (χ2n) is 8.79. The number of nitrogens with zero attached hydrogens (tertiary/aromatic N) is 2. The van der Waals surface area contributed by atoms with Gasteiger partial charge in [0, 0.05) is 23.1 Å². The maximum Gasteiger partial charge on any atom is 0.311 e. The normalized spacial score (nSPS) is 28.7. The SMILES string of the molecule is CCCCc1c([C@@H]2C[C@H]3[C@@H](CC[C@H](O)[C@@H]3C(=O)OC)CN2C#N)[nH]c2ccccc12. The van der Waals surface area contributed by atoms with E-state index in [1.54, 1.807) is 0 Å². The van der Waals surface area contributed by atoms with Crippen LogP contribution in [0, 0.1) is 29.2 Å². The molecule has 1 saturated heterocycles. The summed E-state index contributed by atoms with van der Waals surface area (Å²) in [6.07, 6.45) is 6.98. The molecule has 30 heavy (non-hydrogen) atoms. The predicted octanol–water partition coefficient (Wildman–Crippen LogP) is 3.91. The van der Waals surface area contributed by atoms with Crippen molar-refractivity contribution in [2.45, 2.75) is 57.6 Å². The average molecular weight is 410 g/mol. The van der Waals surface area contributed by atoms with Crippen LogP contribution in [-0.2, 0) is 16.0 Å². The molecular weight excluding hydrogens is 378 g/mol. The fourth-order valence-corrected chi connectivity index (χ4v) is 5.67. The number of ether oxygens (including phenoxy) is 1. The highest BCUT2D eigenvalue weighted by Gasteiger charge is 2.49. The lowest BCUT2D eigenvalue weighted by Gasteiger charge is -2.47. The van der Waals surface area contributed by atoms with E-state index in [0.29, 0.717) is 19.4 Å². The van der Waals surface area contributed by atoms with Gasteiger partial charge in [-0.05, 0) is 55.6 Å². The molecule has 1 aromatic carbocycles. The third-order valence-corrected chi connectivity index (χ3v) is 7.18. The van der Waals surface area contributed by atoms with Gasteiger partial charge in [-0.3, -0.25) is 4.79 Å². The Morgan fingerprint density at radius 2 is 2.17 bits per heavy atom. The Morgan fingerprint density at radius 3 is 2.90 bits per heavy atom. The second kappa shape index (κ2) is 8.69. The highest BCUT2D eigenvalue weighted by molar-refractivity contribution is 5.85. The van der Waals surface area contributed by atoms with Gasteiger partial charge in [0.15, 0.2) is 6.19 Å². The smallest absolute Gasteiger partial charge is 0.311 e. The number of aryl methyl sites for hydroxylation is 1. The quantitative estimate of drug-likeness (QED) is 0.577. The van der Waals surface area contributed by atoms with Crippen LogP contribution in [0.2, 0.25) is 0 Å². The van der Waals surface area contributed by atoms with Crippen LogP contribution >= 0.6 is 0 Å². The number of likely N-dealkylation sites (tertiary alicyclic amines) is 1. The number of aliphatic hydroxyl groups is 1. The van der Waals surface area contributed by atoms with Gasteiger partial charge < -0.3 is 19.7 Å². The van der Waals surface area contributed by atoms with Crippen LogP contribution in [0.25, 0.3) is 10.9 Å². The molecule has 1 aromatic heterocycles. The minimum Gasteiger partial charge on any atom is -0.469 e. The summed E-state index contributed by atoms with van der Waals surface area (Å²) in [5, 5.41) is 21.8. The number of aliphatic hydroxyl groups excluding tert-OH is 1. The number of benzene rings is 1. The van der Waals surface area contributed by atoms with E-state index in [-0.39, 0.29) is 23.8 Å². The van der Waals surface area contributed by atoms with Crippen molar-refractivity contribution in [2.75, 3.05) is 13.7 Å². The van der Waals surface area contributed by atoms with E-state index < -0.39 is 12.0 Å². The zero-order chi connectivity index (χ0) is 21.3. The third-order valence-electron chi connectivity index (χ3n) is 7.18. The first-order valence-electron chi connectivity index (χ1n) is 11.1. The minimum atomic E-state index is -0.671. The Hall–Kier alpha value is -2.52. The van der Waals surface area contributed by atoms with Crippen molar-refractivity contribution in [3.63, 3.8) is 0 Å². The molecule has 6 heteroatoms. The first-order chi connectivity index (χ1) is 14.6. The summed E-state index contributed by atoms with van der Waals surface area (Å²) in [5.41, 5.74) is 3.46. The molecule has 0 amide bonds. The number of piperidine rings is 1. The van der Waals surface area contributed by atoms with E-state index in [0.717, 1.165) is 36.9 Å². The van der Waals surface area contributed by atoms with Crippen LogP contribution in [0.5, 0.6) is 0 Å². The predicted molar refractivity (Wildman–Crippen MR) is 114 cm³/mol. The Balaban J connectivity index is 1.74. The number of carbonyl (C=O) groups is 1. The third kappa shape index (κ3) is 3.56. The molecular formula is C24H31N3O3. The van der Waals surface area contributed by atoms with E-state index in [1.165, 1.54) is 18.1 Å². The van der Waals surface area contributed by atoms with Gasteiger partial charge in [-0.25, -0.2) is 0 Å². The Labute approximate surface area is 177 Å². The number of esters is 1. The number of H-pyrrole nitrogens is 1. The van der Waals surface area contributed by atoms with Gasteiger partial charge in [-0.15, -0.1) is 0 Å². The molecule has 6 nitrogen and oxygen atoms in total. The summed E-state index contributed by atoms with van der Waals surface area (Å²) in [6, 6.07) is 8.19. The molecule has 2 N–H and O–H groups in total. The lowest BCUT2D eigenvalue weighted by atomic mass is 9.65. The molecule has 1 saturated carbocycles. The van der Waals surface area contributed by atoms with Crippen LogP contribution < -0.4 is 0 Å². The number of para-hydroxylation sites is 1. The van der Waals surface area contributed by atoms with Crippen molar-refractivity contribution in [1.29, 1.82) is 5.26 Å². The summed E-state index contributed by atoms with van der Waals surface area (Å²) in [4.78, 5) is 18.0. The first kappa shape index (κ1) is 20.7. The van der Waals surface area contributed by atoms with Crippen molar-refractivity contribution in [1.82, 2.24) is 9.88 Å². The number of carbonyl (C=O) groups excluding carboxylic acids is 1. The zero-order valence-corrected chi connectivity index (χ0v) is 17.8. The molecule has 160 valence electrons. The van der Waals surface area contributed by atoms with Gasteiger partial charge in [0.2, 0.25) is 0 Å². The fraction of sp³-hybridized carbons (Fsp3) is 0.583. The monoisotopic (exact) mass is 409 g/mol. The second-order valence-corrected chi connectivity index (χ2v) is 8.79. The maximum atomic E-state index is 12.5. The van der Waals surface area contributed by atoms with Gasteiger partial charge in [0.25, 0.3) is 0 Å². The van der Waals surface area contributed by atoms with Crippen molar-refractivity contribution in [3.8, 4) is 6.19 Å².